The lowest BCUT2D eigenvalue weighted by atomic mass is 9.91. The Bertz CT molecular complexity index is 363. The molecule has 2 rings (SSSR count). The van der Waals surface area contributed by atoms with E-state index in [9.17, 15) is 0 Å². The van der Waals surface area contributed by atoms with Crippen LogP contribution in [-0.2, 0) is 0 Å². The minimum atomic E-state index is 0.501. The van der Waals surface area contributed by atoms with Gasteiger partial charge in [0.2, 0.25) is 0 Å². The summed E-state index contributed by atoms with van der Waals surface area (Å²) < 4.78 is 0. The van der Waals surface area contributed by atoms with Crippen LogP contribution in [0.2, 0.25) is 0 Å². The molecular formula is C17H28N2. The molecule has 2 nitrogen and oxygen atoms in total. The Morgan fingerprint density at radius 3 is 2.11 bits per heavy atom. The smallest absolute Gasteiger partial charge is 0.131 e. The molecule has 0 amide bonds. The Hall–Kier alpha value is -0.920. The van der Waals surface area contributed by atoms with E-state index in [2.05, 4.69) is 24.9 Å². The van der Waals surface area contributed by atoms with Crippen molar-refractivity contribution in [3.05, 3.63) is 23.8 Å². The molecule has 1 fully saturated rings. The minimum Gasteiger partial charge on any atom is -0.241 e. The molecule has 1 heterocycles. The first-order chi connectivity index (χ1) is 9.27. The van der Waals surface area contributed by atoms with Gasteiger partial charge in [-0.15, -0.1) is 0 Å². The summed E-state index contributed by atoms with van der Waals surface area (Å²) in [5.41, 5.74) is 1.20. The molecule has 1 aromatic rings. The average Bonchev–Trinajstić information content (AvgIpc) is 2.44. The van der Waals surface area contributed by atoms with Crippen molar-refractivity contribution >= 4 is 0 Å². The van der Waals surface area contributed by atoms with Crippen LogP contribution in [-0.4, -0.2) is 9.97 Å². The maximum Gasteiger partial charge on any atom is 0.131 e. The standard InChI is InChI=1S/C17H28N2/c1-14(2)16-12-13-18-17(19-16)15-10-8-6-4-3-5-7-9-11-15/h12-15H,3-11H2,1-2H3. The summed E-state index contributed by atoms with van der Waals surface area (Å²) in [6.45, 7) is 4.42. The van der Waals surface area contributed by atoms with Crippen molar-refractivity contribution in [1.29, 1.82) is 0 Å². The highest BCUT2D eigenvalue weighted by Crippen LogP contribution is 2.28. The molecule has 0 spiro atoms. The number of nitrogens with zero attached hydrogens (tertiary/aromatic N) is 2. The van der Waals surface area contributed by atoms with E-state index in [-0.39, 0.29) is 0 Å². The van der Waals surface area contributed by atoms with Gasteiger partial charge in [-0.25, -0.2) is 9.97 Å². The van der Waals surface area contributed by atoms with Crippen LogP contribution in [0.15, 0.2) is 12.3 Å². The fourth-order valence-electron chi connectivity index (χ4n) is 2.97. The molecule has 2 heteroatoms. The van der Waals surface area contributed by atoms with Gasteiger partial charge in [0, 0.05) is 17.8 Å². The van der Waals surface area contributed by atoms with Crippen molar-refractivity contribution < 1.29 is 0 Å². The molecule has 0 aromatic carbocycles. The molecule has 0 radical (unpaired) electrons. The summed E-state index contributed by atoms with van der Waals surface area (Å²) in [5.74, 6) is 2.20. The van der Waals surface area contributed by atoms with E-state index in [0.717, 1.165) is 5.82 Å². The molecular weight excluding hydrogens is 232 g/mol. The zero-order valence-electron chi connectivity index (χ0n) is 12.6. The number of hydrogen-bond donors (Lipinski definition) is 0. The van der Waals surface area contributed by atoms with Crippen LogP contribution in [0, 0.1) is 0 Å². The Labute approximate surface area is 118 Å². The molecule has 0 atom stereocenters. The van der Waals surface area contributed by atoms with Crippen LogP contribution in [0.4, 0.5) is 0 Å². The third kappa shape index (κ3) is 4.59. The highest BCUT2D eigenvalue weighted by Gasteiger charge is 2.16. The molecule has 0 bridgehead atoms. The zero-order chi connectivity index (χ0) is 13.5. The third-order valence-electron chi connectivity index (χ3n) is 4.26. The molecule has 1 aromatic heterocycles. The number of rotatable bonds is 2. The lowest BCUT2D eigenvalue weighted by molar-refractivity contribution is 0.449. The van der Waals surface area contributed by atoms with Gasteiger partial charge in [0.05, 0.1) is 0 Å². The molecule has 1 saturated carbocycles. The van der Waals surface area contributed by atoms with Crippen molar-refractivity contribution in [3.8, 4) is 0 Å². The van der Waals surface area contributed by atoms with E-state index in [1.807, 2.05) is 6.20 Å². The first kappa shape index (κ1) is 14.5. The van der Waals surface area contributed by atoms with Crippen LogP contribution in [0.3, 0.4) is 0 Å². The minimum absolute atomic E-state index is 0.501. The fraction of sp³-hybridized carbons (Fsp3) is 0.765. The van der Waals surface area contributed by atoms with Gasteiger partial charge >= 0.3 is 0 Å². The van der Waals surface area contributed by atoms with Gasteiger partial charge in [-0.05, 0) is 24.8 Å². The summed E-state index contributed by atoms with van der Waals surface area (Å²) >= 11 is 0. The van der Waals surface area contributed by atoms with Crippen LogP contribution >= 0.6 is 0 Å². The number of aromatic nitrogens is 2. The molecule has 1 aliphatic rings. The lowest BCUT2D eigenvalue weighted by Crippen LogP contribution is -2.08. The van der Waals surface area contributed by atoms with Crippen molar-refractivity contribution in [2.24, 2.45) is 0 Å². The summed E-state index contributed by atoms with van der Waals surface area (Å²) in [4.78, 5) is 9.37. The number of hydrogen-bond acceptors (Lipinski definition) is 2. The Morgan fingerprint density at radius 1 is 0.947 bits per heavy atom. The Morgan fingerprint density at radius 2 is 1.53 bits per heavy atom. The van der Waals surface area contributed by atoms with E-state index in [1.165, 1.54) is 63.5 Å². The summed E-state index contributed by atoms with van der Waals surface area (Å²) in [6.07, 6.45) is 14.3. The van der Waals surface area contributed by atoms with Gasteiger partial charge in [-0.1, -0.05) is 58.8 Å². The lowest BCUT2D eigenvalue weighted by Gasteiger charge is -2.18. The van der Waals surface area contributed by atoms with E-state index in [0.29, 0.717) is 11.8 Å². The SMILES string of the molecule is CC(C)c1ccnc(C2CCCCCCCCC2)n1. The van der Waals surface area contributed by atoms with E-state index in [1.54, 1.807) is 0 Å². The van der Waals surface area contributed by atoms with E-state index in [4.69, 9.17) is 4.98 Å². The molecule has 106 valence electrons. The van der Waals surface area contributed by atoms with Crippen LogP contribution in [0.25, 0.3) is 0 Å². The van der Waals surface area contributed by atoms with Gasteiger partial charge in [0.1, 0.15) is 5.82 Å². The van der Waals surface area contributed by atoms with Gasteiger partial charge in [0.15, 0.2) is 0 Å². The van der Waals surface area contributed by atoms with Crippen LogP contribution < -0.4 is 0 Å². The van der Waals surface area contributed by atoms with E-state index >= 15 is 0 Å². The monoisotopic (exact) mass is 260 g/mol. The molecule has 0 aliphatic heterocycles. The zero-order valence-corrected chi connectivity index (χ0v) is 12.6. The van der Waals surface area contributed by atoms with E-state index < -0.39 is 0 Å². The van der Waals surface area contributed by atoms with Crippen LogP contribution in [0.5, 0.6) is 0 Å². The third-order valence-corrected chi connectivity index (χ3v) is 4.26. The quantitative estimate of drug-likeness (QED) is 0.729. The summed E-state index contributed by atoms with van der Waals surface area (Å²) in [6, 6.07) is 2.06. The first-order valence-corrected chi connectivity index (χ1v) is 8.10. The van der Waals surface area contributed by atoms with Gasteiger partial charge in [0.25, 0.3) is 0 Å². The van der Waals surface area contributed by atoms with Crippen LogP contribution in [0.1, 0.15) is 95.0 Å². The normalized spacial score (nSPS) is 19.5. The topological polar surface area (TPSA) is 25.8 Å². The van der Waals surface area contributed by atoms with Crippen molar-refractivity contribution in [2.45, 2.75) is 83.5 Å². The molecule has 0 unspecified atom stereocenters. The average molecular weight is 260 g/mol. The van der Waals surface area contributed by atoms with Gasteiger partial charge in [-0.2, -0.15) is 0 Å². The van der Waals surface area contributed by atoms with Crippen molar-refractivity contribution in [2.75, 3.05) is 0 Å². The fourth-order valence-corrected chi connectivity index (χ4v) is 2.97. The first-order valence-electron chi connectivity index (χ1n) is 8.10. The maximum absolute atomic E-state index is 4.81. The summed E-state index contributed by atoms with van der Waals surface area (Å²) in [7, 11) is 0. The predicted molar refractivity (Wildman–Crippen MR) is 80.4 cm³/mol. The summed E-state index contributed by atoms with van der Waals surface area (Å²) in [5, 5.41) is 0. The second-order valence-corrected chi connectivity index (χ2v) is 6.24. The largest absolute Gasteiger partial charge is 0.241 e. The molecule has 0 saturated heterocycles. The molecule has 0 N–H and O–H groups in total. The molecule has 19 heavy (non-hydrogen) atoms. The van der Waals surface area contributed by atoms with Crippen molar-refractivity contribution in [1.82, 2.24) is 9.97 Å². The van der Waals surface area contributed by atoms with Gasteiger partial charge < -0.3 is 0 Å². The Balaban J connectivity index is 2.05. The van der Waals surface area contributed by atoms with Gasteiger partial charge in [-0.3, -0.25) is 0 Å². The molecule has 1 aliphatic carbocycles. The second kappa shape index (κ2) is 7.62. The van der Waals surface area contributed by atoms with Crippen molar-refractivity contribution in [3.63, 3.8) is 0 Å². The highest BCUT2D eigenvalue weighted by atomic mass is 14.9. The highest BCUT2D eigenvalue weighted by molar-refractivity contribution is 5.09. The predicted octanol–water partition coefficient (Wildman–Crippen LogP) is 5.21. The second-order valence-electron chi connectivity index (χ2n) is 6.24. The Kier molecular flexibility index (Phi) is 5.81. The maximum atomic E-state index is 4.81.